The minimum Gasteiger partial charge on any atom is -0.477 e. The van der Waals surface area contributed by atoms with Gasteiger partial charge in [0.25, 0.3) is 5.91 Å². The molecule has 2 aromatic heterocycles. The minimum absolute atomic E-state index is 0.133. The lowest BCUT2D eigenvalue weighted by Crippen LogP contribution is -2.28. The lowest BCUT2D eigenvalue weighted by atomic mass is 10.2. The van der Waals surface area contributed by atoms with E-state index in [2.05, 4.69) is 19.7 Å². The second-order valence-electron chi connectivity index (χ2n) is 5.24. The molecule has 3 rings (SSSR count). The van der Waals surface area contributed by atoms with Crippen LogP contribution < -0.4 is 4.74 Å². The lowest BCUT2D eigenvalue weighted by Gasteiger charge is -2.18. The molecule has 0 atom stereocenters. The number of rotatable bonds is 5. The van der Waals surface area contributed by atoms with E-state index in [1.54, 1.807) is 30.3 Å². The molecule has 1 amide bonds. The Labute approximate surface area is 128 Å². The quantitative estimate of drug-likeness (QED) is 0.832. The molecule has 0 saturated heterocycles. The number of amides is 1. The highest BCUT2D eigenvalue weighted by Gasteiger charge is 2.22. The number of nitrogens with zero attached hydrogens (tertiary/aromatic N) is 5. The fraction of sp³-hybridized carbons (Fsp3) is 0.467. The number of fused-ring (bicyclic) bond motifs is 1. The number of aromatic nitrogens is 4. The molecule has 0 bridgehead atoms. The van der Waals surface area contributed by atoms with E-state index in [-0.39, 0.29) is 5.91 Å². The Bertz CT molecular complexity index is 682. The number of ether oxygens (including phenoxy) is 1. The van der Waals surface area contributed by atoms with Gasteiger partial charge in [0, 0.05) is 26.2 Å². The molecule has 22 heavy (non-hydrogen) atoms. The summed E-state index contributed by atoms with van der Waals surface area (Å²) in [7, 11) is 1.75. The van der Waals surface area contributed by atoms with E-state index in [0.29, 0.717) is 24.6 Å². The Morgan fingerprint density at radius 1 is 1.45 bits per heavy atom. The third-order valence-corrected chi connectivity index (χ3v) is 3.69. The van der Waals surface area contributed by atoms with E-state index < -0.39 is 0 Å². The normalized spacial score (nSPS) is 13.0. The summed E-state index contributed by atoms with van der Waals surface area (Å²) in [6.45, 7) is 3.69. The van der Waals surface area contributed by atoms with Gasteiger partial charge in [-0.1, -0.05) is 0 Å². The van der Waals surface area contributed by atoms with E-state index in [4.69, 9.17) is 4.74 Å². The second-order valence-corrected chi connectivity index (χ2v) is 5.24. The van der Waals surface area contributed by atoms with Crippen LogP contribution >= 0.6 is 0 Å². The zero-order valence-corrected chi connectivity index (χ0v) is 12.8. The smallest absolute Gasteiger partial charge is 0.259 e. The van der Waals surface area contributed by atoms with Gasteiger partial charge >= 0.3 is 0 Å². The first-order valence-electron chi connectivity index (χ1n) is 7.45. The maximum Gasteiger partial charge on any atom is 0.259 e. The predicted molar refractivity (Wildman–Crippen MR) is 79.5 cm³/mol. The molecule has 0 radical (unpaired) electrons. The SMILES string of the molecule is CCOc1ncccc1C(=O)N(C)Cc1nnc2n1CCC2. The van der Waals surface area contributed by atoms with Crippen LogP contribution in [0.4, 0.5) is 0 Å². The first-order chi connectivity index (χ1) is 10.7. The summed E-state index contributed by atoms with van der Waals surface area (Å²) < 4.78 is 7.52. The van der Waals surface area contributed by atoms with Gasteiger partial charge in [0.05, 0.1) is 13.2 Å². The van der Waals surface area contributed by atoms with Crippen LogP contribution in [0.5, 0.6) is 5.88 Å². The molecule has 7 heteroatoms. The Morgan fingerprint density at radius 3 is 3.14 bits per heavy atom. The third-order valence-electron chi connectivity index (χ3n) is 3.69. The van der Waals surface area contributed by atoms with Crippen LogP contribution in [0.1, 0.15) is 35.4 Å². The molecule has 3 heterocycles. The summed E-state index contributed by atoms with van der Waals surface area (Å²) in [5, 5.41) is 8.35. The van der Waals surface area contributed by atoms with Gasteiger partial charge < -0.3 is 14.2 Å². The van der Waals surface area contributed by atoms with Crippen molar-refractivity contribution in [1.82, 2.24) is 24.6 Å². The van der Waals surface area contributed by atoms with E-state index >= 15 is 0 Å². The Balaban J connectivity index is 1.77. The predicted octanol–water partition coefficient (Wildman–Crippen LogP) is 1.29. The molecule has 2 aromatic rings. The van der Waals surface area contributed by atoms with Gasteiger partial charge in [-0.25, -0.2) is 4.98 Å². The molecule has 7 nitrogen and oxygen atoms in total. The first kappa shape index (κ1) is 14.5. The van der Waals surface area contributed by atoms with Crippen molar-refractivity contribution in [2.45, 2.75) is 32.9 Å². The first-order valence-corrected chi connectivity index (χ1v) is 7.45. The van der Waals surface area contributed by atoms with Crippen LogP contribution in [0.3, 0.4) is 0 Å². The molecule has 1 aliphatic rings. The van der Waals surface area contributed by atoms with E-state index in [1.165, 1.54) is 0 Å². The van der Waals surface area contributed by atoms with Crippen LogP contribution in [0, 0.1) is 0 Å². The standard InChI is InChI=1S/C15H19N5O2/c1-3-22-14-11(6-4-8-16-14)15(21)19(2)10-13-18-17-12-7-5-9-20(12)13/h4,6,8H,3,5,7,9-10H2,1-2H3. The molecular formula is C15H19N5O2. The molecule has 0 aromatic carbocycles. The van der Waals surface area contributed by atoms with E-state index in [0.717, 1.165) is 31.0 Å². The molecule has 0 unspecified atom stereocenters. The average molecular weight is 301 g/mol. The van der Waals surface area contributed by atoms with Gasteiger partial charge in [-0.05, 0) is 25.5 Å². The highest BCUT2D eigenvalue weighted by Crippen LogP contribution is 2.19. The van der Waals surface area contributed by atoms with Crippen LogP contribution in [-0.2, 0) is 19.5 Å². The number of aryl methyl sites for hydroxylation is 1. The van der Waals surface area contributed by atoms with Crippen molar-refractivity contribution in [3.05, 3.63) is 35.5 Å². The van der Waals surface area contributed by atoms with Crippen LogP contribution in [0.15, 0.2) is 18.3 Å². The average Bonchev–Trinajstić information content (AvgIpc) is 3.12. The molecule has 0 saturated carbocycles. The highest BCUT2D eigenvalue weighted by atomic mass is 16.5. The van der Waals surface area contributed by atoms with Crippen molar-refractivity contribution in [3.63, 3.8) is 0 Å². The zero-order valence-electron chi connectivity index (χ0n) is 12.8. The zero-order chi connectivity index (χ0) is 15.5. The molecule has 116 valence electrons. The van der Waals surface area contributed by atoms with Crippen LogP contribution in [0.2, 0.25) is 0 Å². The molecule has 1 aliphatic heterocycles. The van der Waals surface area contributed by atoms with Crippen molar-refractivity contribution in [2.75, 3.05) is 13.7 Å². The van der Waals surface area contributed by atoms with E-state index in [1.807, 2.05) is 6.92 Å². The Kier molecular flexibility index (Phi) is 4.04. The summed E-state index contributed by atoms with van der Waals surface area (Å²) in [6.07, 6.45) is 3.67. The highest BCUT2D eigenvalue weighted by molar-refractivity contribution is 5.96. The molecule has 0 aliphatic carbocycles. The molecule has 0 N–H and O–H groups in total. The van der Waals surface area contributed by atoms with Crippen LogP contribution in [-0.4, -0.2) is 44.2 Å². The van der Waals surface area contributed by atoms with Gasteiger partial charge in [0.15, 0.2) is 5.82 Å². The number of pyridine rings is 1. The van der Waals surface area contributed by atoms with E-state index in [9.17, 15) is 4.79 Å². The van der Waals surface area contributed by atoms with Crippen molar-refractivity contribution in [2.24, 2.45) is 0 Å². The fourth-order valence-electron chi connectivity index (χ4n) is 2.62. The third kappa shape index (κ3) is 2.66. The summed E-state index contributed by atoms with van der Waals surface area (Å²) in [5.74, 6) is 2.07. The fourth-order valence-corrected chi connectivity index (χ4v) is 2.62. The number of hydrogen-bond donors (Lipinski definition) is 0. The monoisotopic (exact) mass is 301 g/mol. The van der Waals surface area contributed by atoms with Gasteiger partial charge in [-0.2, -0.15) is 0 Å². The number of hydrogen-bond acceptors (Lipinski definition) is 5. The van der Waals surface area contributed by atoms with Gasteiger partial charge in [0.1, 0.15) is 11.4 Å². The summed E-state index contributed by atoms with van der Waals surface area (Å²) in [5.41, 5.74) is 0.466. The summed E-state index contributed by atoms with van der Waals surface area (Å²) in [4.78, 5) is 18.4. The Morgan fingerprint density at radius 2 is 2.32 bits per heavy atom. The van der Waals surface area contributed by atoms with Gasteiger partial charge in [-0.3, -0.25) is 4.79 Å². The van der Waals surface area contributed by atoms with Crippen molar-refractivity contribution in [3.8, 4) is 5.88 Å². The maximum absolute atomic E-state index is 12.6. The Hall–Kier alpha value is -2.44. The van der Waals surface area contributed by atoms with Gasteiger partial charge in [0.2, 0.25) is 5.88 Å². The second kappa shape index (κ2) is 6.13. The largest absolute Gasteiger partial charge is 0.477 e. The molecular weight excluding hydrogens is 282 g/mol. The maximum atomic E-state index is 12.6. The van der Waals surface area contributed by atoms with Crippen molar-refractivity contribution in [1.29, 1.82) is 0 Å². The minimum atomic E-state index is -0.133. The number of carbonyl (C=O) groups is 1. The van der Waals surface area contributed by atoms with Crippen molar-refractivity contribution < 1.29 is 9.53 Å². The topological polar surface area (TPSA) is 73.1 Å². The van der Waals surface area contributed by atoms with Crippen molar-refractivity contribution >= 4 is 5.91 Å². The molecule has 0 fully saturated rings. The summed E-state index contributed by atoms with van der Waals surface area (Å²) in [6, 6.07) is 3.46. The van der Waals surface area contributed by atoms with Crippen LogP contribution in [0.25, 0.3) is 0 Å². The van der Waals surface area contributed by atoms with Gasteiger partial charge in [-0.15, -0.1) is 10.2 Å². The number of carbonyl (C=O) groups excluding carboxylic acids is 1. The molecule has 0 spiro atoms. The lowest BCUT2D eigenvalue weighted by molar-refractivity contribution is 0.0775. The summed E-state index contributed by atoms with van der Waals surface area (Å²) >= 11 is 0.